The molecule has 37 heavy (non-hydrogen) atoms. The molecule has 8 unspecified atom stereocenters. The quantitative estimate of drug-likeness (QED) is 0.164. The predicted molar refractivity (Wildman–Crippen MR) is 142 cm³/mol. The van der Waals surface area contributed by atoms with E-state index in [4.69, 9.17) is 10.8 Å². The lowest BCUT2D eigenvalue weighted by Crippen LogP contribution is -2.61. The topological polar surface area (TPSA) is 180 Å². The highest BCUT2D eigenvalue weighted by atomic mass is 16.4. The Morgan fingerprint density at radius 2 is 0.919 bits per heavy atom. The monoisotopic (exact) mass is 527 g/mol. The number of carbonyl (C=O) groups is 5. The zero-order chi connectivity index (χ0) is 28.9. The van der Waals surface area contributed by atoms with Gasteiger partial charge in [0.2, 0.25) is 23.6 Å². The molecule has 214 valence electrons. The van der Waals surface area contributed by atoms with Gasteiger partial charge in [0, 0.05) is 0 Å². The van der Waals surface area contributed by atoms with Crippen LogP contribution in [0.3, 0.4) is 0 Å². The Kier molecular flexibility index (Phi) is 15.7. The molecular formula is C26H49N5O6. The summed E-state index contributed by atoms with van der Waals surface area (Å²) in [5.74, 6) is -4.13. The number of nitrogens with one attached hydrogen (secondary N) is 4. The fourth-order valence-electron chi connectivity index (χ4n) is 3.63. The van der Waals surface area contributed by atoms with Gasteiger partial charge >= 0.3 is 5.97 Å². The van der Waals surface area contributed by atoms with Crippen LogP contribution in [-0.4, -0.2) is 65.4 Å². The summed E-state index contributed by atoms with van der Waals surface area (Å²) in [5.41, 5.74) is 6.07. The van der Waals surface area contributed by atoms with Gasteiger partial charge in [-0.3, -0.25) is 24.0 Å². The van der Waals surface area contributed by atoms with E-state index in [-0.39, 0.29) is 23.7 Å². The van der Waals surface area contributed by atoms with Crippen LogP contribution in [0, 0.1) is 23.7 Å². The molecule has 7 N–H and O–H groups in total. The Morgan fingerprint density at radius 1 is 0.595 bits per heavy atom. The van der Waals surface area contributed by atoms with Crippen molar-refractivity contribution in [2.75, 3.05) is 6.54 Å². The molecule has 0 rings (SSSR count). The standard InChI is InChI=1S/C26H49N5O6/c1-9-14(5)19(27)23(34)29-21(16(7)11-3)25(36)31-22(17(8)12-4)26(37)30-20(15(6)10-2)24(35)28-13-18(32)33/h14-17,19-22H,9-13,27H2,1-8H3,(H,28,35)(H,29,34)(H,30,37)(H,31,36)(H,32,33). The summed E-state index contributed by atoms with van der Waals surface area (Å²) in [6.07, 6.45) is 2.45. The van der Waals surface area contributed by atoms with Crippen molar-refractivity contribution >= 4 is 29.6 Å². The molecule has 0 aliphatic rings. The largest absolute Gasteiger partial charge is 0.480 e. The maximum atomic E-state index is 13.4. The summed E-state index contributed by atoms with van der Waals surface area (Å²) in [6.45, 7) is 14.3. The Balaban J connectivity index is 5.83. The second-order valence-electron chi connectivity index (χ2n) is 10.1. The first-order valence-electron chi connectivity index (χ1n) is 13.4. The van der Waals surface area contributed by atoms with Crippen LogP contribution < -0.4 is 27.0 Å². The van der Waals surface area contributed by atoms with Crippen molar-refractivity contribution in [3.05, 3.63) is 0 Å². The SMILES string of the molecule is CCC(C)C(N)C(=O)NC(C(=O)NC(C(=O)NC(C(=O)NCC(=O)O)C(C)CC)C(C)CC)C(C)CC. The Morgan fingerprint density at radius 3 is 1.24 bits per heavy atom. The van der Waals surface area contributed by atoms with E-state index in [0.29, 0.717) is 25.7 Å². The maximum Gasteiger partial charge on any atom is 0.322 e. The highest BCUT2D eigenvalue weighted by Crippen LogP contribution is 2.15. The van der Waals surface area contributed by atoms with Crippen LogP contribution in [0.5, 0.6) is 0 Å². The second kappa shape index (κ2) is 16.9. The van der Waals surface area contributed by atoms with Gasteiger partial charge in [-0.25, -0.2) is 0 Å². The van der Waals surface area contributed by atoms with Crippen LogP contribution in [0.4, 0.5) is 0 Å². The van der Waals surface area contributed by atoms with E-state index in [0.717, 1.165) is 0 Å². The lowest BCUT2D eigenvalue weighted by atomic mass is 9.93. The average Bonchev–Trinajstić information content (AvgIpc) is 2.88. The minimum Gasteiger partial charge on any atom is -0.480 e. The van der Waals surface area contributed by atoms with E-state index in [1.807, 2.05) is 48.5 Å². The van der Waals surface area contributed by atoms with Crippen LogP contribution >= 0.6 is 0 Å². The van der Waals surface area contributed by atoms with Crippen LogP contribution in [0.2, 0.25) is 0 Å². The van der Waals surface area contributed by atoms with Crippen LogP contribution in [-0.2, 0) is 24.0 Å². The zero-order valence-corrected chi connectivity index (χ0v) is 23.7. The first-order chi connectivity index (χ1) is 17.2. The summed E-state index contributed by atoms with van der Waals surface area (Å²) in [6, 6.07) is -3.60. The van der Waals surface area contributed by atoms with Gasteiger partial charge in [0.15, 0.2) is 0 Å². The van der Waals surface area contributed by atoms with Gasteiger partial charge in [-0.15, -0.1) is 0 Å². The third-order valence-corrected chi connectivity index (χ3v) is 7.35. The summed E-state index contributed by atoms with van der Waals surface area (Å²) < 4.78 is 0. The summed E-state index contributed by atoms with van der Waals surface area (Å²) >= 11 is 0. The number of hydrogen-bond acceptors (Lipinski definition) is 6. The predicted octanol–water partition coefficient (Wildman–Crippen LogP) is 1.15. The summed E-state index contributed by atoms with van der Waals surface area (Å²) in [4.78, 5) is 63.0. The molecule has 4 amide bonds. The van der Waals surface area contributed by atoms with Gasteiger partial charge < -0.3 is 32.1 Å². The van der Waals surface area contributed by atoms with Gasteiger partial charge in [0.1, 0.15) is 24.7 Å². The molecule has 0 heterocycles. The van der Waals surface area contributed by atoms with Gasteiger partial charge in [-0.05, 0) is 23.7 Å². The minimum atomic E-state index is -1.20. The molecular weight excluding hydrogens is 478 g/mol. The molecule has 0 radical (unpaired) electrons. The van der Waals surface area contributed by atoms with Crippen molar-refractivity contribution in [2.45, 2.75) is 105 Å². The van der Waals surface area contributed by atoms with Crippen molar-refractivity contribution in [1.82, 2.24) is 21.3 Å². The van der Waals surface area contributed by atoms with Gasteiger partial charge in [0.05, 0.1) is 6.04 Å². The first kappa shape index (κ1) is 34.3. The lowest BCUT2D eigenvalue weighted by Gasteiger charge is -2.31. The third kappa shape index (κ3) is 11.1. The molecule has 0 aliphatic heterocycles. The fourth-order valence-corrected chi connectivity index (χ4v) is 3.63. The number of nitrogens with two attached hydrogens (primary N) is 1. The highest BCUT2D eigenvalue weighted by molar-refractivity contribution is 5.95. The lowest BCUT2D eigenvalue weighted by molar-refractivity contribution is -0.139. The number of carbonyl (C=O) groups excluding carboxylic acids is 4. The van der Waals surface area contributed by atoms with Crippen molar-refractivity contribution in [3.8, 4) is 0 Å². The van der Waals surface area contributed by atoms with Crippen molar-refractivity contribution < 1.29 is 29.1 Å². The number of hydrogen-bond donors (Lipinski definition) is 6. The summed E-state index contributed by atoms with van der Waals surface area (Å²) in [7, 11) is 0. The van der Waals surface area contributed by atoms with E-state index in [1.54, 1.807) is 6.92 Å². The molecule has 0 spiro atoms. The molecule has 0 saturated heterocycles. The molecule has 0 aromatic rings. The fraction of sp³-hybridized carbons (Fsp3) is 0.808. The average molecular weight is 528 g/mol. The van der Waals surface area contributed by atoms with Crippen molar-refractivity contribution in [2.24, 2.45) is 29.4 Å². The third-order valence-electron chi connectivity index (χ3n) is 7.35. The summed E-state index contributed by atoms with van der Waals surface area (Å²) in [5, 5.41) is 19.5. The van der Waals surface area contributed by atoms with Gasteiger partial charge in [0.25, 0.3) is 0 Å². The van der Waals surface area contributed by atoms with E-state index in [2.05, 4.69) is 21.3 Å². The Bertz CT molecular complexity index is 777. The Labute approximate surface area is 221 Å². The molecule has 0 bridgehead atoms. The molecule has 8 atom stereocenters. The van der Waals surface area contributed by atoms with E-state index in [1.165, 1.54) is 0 Å². The first-order valence-corrected chi connectivity index (χ1v) is 13.4. The minimum absolute atomic E-state index is 0.0657. The van der Waals surface area contributed by atoms with E-state index >= 15 is 0 Å². The number of carboxylic acid groups (broad SMARTS) is 1. The zero-order valence-electron chi connectivity index (χ0n) is 23.7. The Hall–Kier alpha value is -2.69. The number of rotatable bonds is 17. The number of amides is 4. The molecule has 0 aromatic heterocycles. The molecule has 11 heteroatoms. The van der Waals surface area contributed by atoms with Crippen LogP contribution in [0.15, 0.2) is 0 Å². The van der Waals surface area contributed by atoms with Gasteiger partial charge in [-0.1, -0.05) is 81.1 Å². The highest BCUT2D eigenvalue weighted by Gasteiger charge is 2.35. The van der Waals surface area contributed by atoms with Gasteiger partial charge in [-0.2, -0.15) is 0 Å². The van der Waals surface area contributed by atoms with Crippen molar-refractivity contribution in [3.63, 3.8) is 0 Å². The second-order valence-corrected chi connectivity index (χ2v) is 10.1. The maximum absolute atomic E-state index is 13.4. The smallest absolute Gasteiger partial charge is 0.322 e. The van der Waals surface area contributed by atoms with Crippen LogP contribution in [0.25, 0.3) is 0 Å². The van der Waals surface area contributed by atoms with E-state index in [9.17, 15) is 24.0 Å². The number of aliphatic carboxylic acids is 1. The van der Waals surface area contributed by atoms with Crippen LogP contribution in [0.1, 0.15) is 81.1 Å². The molecule has 0 aromatic carbocycles. The van der Waals surface area contributed by atoms with Crippen molar-refractivity contribution in [1.29, 1.82) is 0 Å². The normalized spacial score (nSPS) is 17.6. The molecule has 0 aliphatic carbocycles. The molecule has 0 saturated carbocycles. The molecule has 11 nitrogen and oxygen atoms in total. The van der Waals surface area contributed by atoms with E-state index < -0.39 is 60.3 Å². The number of carboxylic acids is 1. The molecule has 0 fully saturated rings.